The zero-order chi connectivity index (χ0) is 39.1. The van der Waals surface area contributed by atoms with Crippen LogP contribution < -0.4 is 4.89 Å². The number of phosphoric acid groups is 1. The van der Waals surface area contributed by atoms with Gasteiger partial charge in [-0.1, -0.05) is 120 Å². The van der Waals surface area contributed by atoms with Gasteiger partial charge in [0.25, 0.3) is 7.82 Å². The quantitative estimate of drug-likeness (QED) is 0.0155. The number of carbonyl (C=O) groups is 1. The van der Waals surface area contributed by atoms with Crippen molar-refractivity contribution in [2.75, 3.05) is 47.5 Å². The third kappa shape index (κ3) is 40.8. The van der Waals surface area contributed by atoms with Gasteiger partial charge in [-0.25, -0.2) is 0 Å². The van der Waals surface area contributed by atoms with Gasteiger partial charge < -0.3 is 27.9 Å². The van der Waals surface area contributed by atoms with Crippen molar-refractivity contribution in [1.82, 2.24) is 0 Å². The van der Waals surface area contributed by atoms with Crippen molar-refractivity contribution in [2.45, 2.75) is 155 Å². The number of esters is 1. The summed E-state index contributed by atoms with van der Waals surface area (Å²) in [5, 5.41) is 0. The first-order valence-corrected chi connectivity index (χ1v) is 22.2. The monoisotopic (exact) mass is 764 g/mol. The van der Waals surface area contributed by atoms with E-state index in [4.69, 9.17) is 18.5 Å². The summed E-state index contributed by atoms with van der Waals surface area (Å²) >= 11 is 0. The Balaban J connectivity index is 4.42. The van der Waals surface area contributed by atoms with Gasteiger partial charge in [0, 0.05) is 6.42 Å². The molecule has 0 amide bonds. The van der Waals surface area contributed by atoms with Gasteiger partial charge in [0.2, 0.25) is 0 Å². The number of phosphoric ester groups is 1. The van der Waals surface area contributed by atoms with Crippen LogP contribution in [0.1, 0.15) is 149 Å². The molecule has 0 fully saturated rings. The first kappa shape index (κ1) is 50.8. The maximum absolute atomic E-state index is 12.6. The fourth-order valence-electron chi connectivity index (χ4n) is 5.08. The largest absolute Gasteiger partial charge is 0.756 e. The minimum absolute atomic E-state index is 0.00371. The average molecular weight is 764 g/mol. The Morgan fingerprint density at radius 1 is 0.623 bits per heavy atom. The Morgan fingerprint density at radius 3 is 1.68 bits per heavy atom. The van der Waals surface area contributed by atoms with E-state index in [-0.39, 0.29) is 26.2 Å². The fourth-order valence-corrected chi connectivity index (χ4v) is 5.81. The highest BCUT2D eigenvalue weighted by Crippen LogP contribution is 2.38. The summed E-state index contributed by atoms with van der Waals surface area (Å²) in [6.07, 6.45) is 47.2. The Hall–Kier alpha value is -2.22. The van der Waals surface area contributed by atoms with Crippen LogP contribution in [0.5, 0.6) is 0 Å². The summed E-state index contributed by atoms with van der Waals surface area (Å²) in [6, 6.07) is 0. The highest BCUT2D eigenvalue weighted by Gasteiger charge is 2.20. The fraction of sp³-hybridized carbons (Fsp3) is 0.705. The second-order valence-electron chi connectivity index (χ2n) is 14.7. The van der Waals surface area contributed by atoms with Crippen molar-refractivity contribution < 1.29 is 37.3 Å². The van der Waals surface area contributed by atoms with Gasteiger partial charge in [-0.05, 0) is 89.5 Å². The second-order valence-corrected chi connectivity index (χ2v) is 16.1. The number of quaternary nitrogens is 1. The molecule has 306 valence electrons. The molecule has 0 rings (SSSR count). The average Bonchev–Trinajstić information content (AvgIpc) is 3.11. The van der Waals surface area contributed by atoms with E-state index in [1.54, 1.807) is 6.26 Å². The van der Waals surface area contributed by atoms with E-state index in [2.05, 4.69) is 74.6 Å². The van der Waals surface area contributed by atoms with Crippen molar-refractivity contribution in [3.05, 3.63) is 73.1 Å². The molecule has 0 radical (unpaired) electrons. The molecule has 0 aliphatic carbocycles. The lowest BCUT2D eigenvalue weighted by molar-refractivity contribution is -0.870. The van der Waals surface area contributed by atoms with Gasteiger partial charge in [-0.3, -0.25) is 9.36 Å². The van der Waals surface area contributed by atoms with Gasteiger partial charge in [-0.15, -0.1) is 0 Å². The summed E-state index contributed by atoms with van der Waals surface area (Å²) in [4.78, 5) is 25.0. The van der Waals surface area contributed by atoms with Crippen molar-refractivity contribution in [3.63, 3.8) is 0 Å². The Labute approximate surface area is 325 Å². The highest BCUT2D eigenvalue weighted by atomic mass is 31.2. The normalized spacial score (nSPS) is 14.5. The number of nitrogens with zero attached hydrogens (tertiary/aromatic N) is 1. The molecule has 0 aliphatic rings. The number of carbonyl (C=O) groups excluding carboxylic acids is 1. The van der Waals surface area contributed by atoms with E-state index in [9.17, 15) is 14.3 Å². The molecule has 8 nitrogen and oxygen atoms in total. The van der Waals surface area contributed by atoms with Crippen molar-refractivity contribution in [3.8, 4) is 0 Å². The van der Waals surface area contributed by atoms with Gasteiger partial charge in [0.15, 0.2) is 6.10 Å². The third-order valence-electron chi connectivity index (χ3n) is 8.31. The van der Waals surface area contributed by atoms with E-state index >= 15 is 0 Å². The Kier molecular flexibility index (Phi) is 35.2. The number of allylic oxidation sites excluding steroid dienone is 11. The molecule has 0 aliphatic heterocycles. The van der Waals surface area contributed by atoms with Crippen LogP contribution in [0.25, 0.3) is 0 Å². The van der Waals surface area contributed by atoms with Gasteiger partial charge in [0.05, 0.1) is 34.0 Å². The summed E-state index contributed by atoms with van der Waals surface area (Å²) < 4.78 is 34.2. The summed E-state index contributed by atoms with van der Waals surface area (Å²) in [5.74, 6) is -0.401. The zero-order valence-electron chi connectivity index (χ0n) is 34.4. The number of rotatable bonds is 37. The molecule has 0 saturated carbocycles. The number of unbranched alkanes of at least 4 members (excludes halogenated alkanes) is 13. The number of hydrogen-bond acceptors (Lipinski definition) is 7. The molecule has 0 bridgehead atoms. The van der Waals surface area contributed by atoms with Crippen LogP contribution >= 0.6 is 7.82 Å². The summed E-state index contributed by atoms with van der Waals surface area (Å²) in [7, 11) is 1.28. The maximum atomic E-state index is 12.6. The zero-order valence-corrected chi connectivity index (χ0v) is 35.3. The molecule has 0 spiro atoms. The van der Waals surface area contributed by atoms with E-state index in [1.807, 2.05) is 27.2 Å². The predicted octanol–water partition coefficient (Wildman–Crippen LogP) is 11.6. The standard InChI is InChI=1S/C44H78NO7P/c1-6-8-10-12-14-16-18-20-22-24-26-28-30-32-34-36-39-49-41-43(42-51-53(47,48)50-40-38-45(3,4)5)52-44(46)37-35-33-31-29-27-25-23-21-19-17-15-13-11-9-7-2/h9,11,15-18,21,23,27,29,36,39,43H,6-8,10,12-14,19-20,22,24-26,28,30-35,37-38,40-42H2,1-5H3/b11-9-,17-15-,18-16-,23-21-,29-27-,39-36-/t43-/m1/s1. The lowest BCUT2D eigenvalue weighted by atomic mass is 10.1. The van der Waals surface area contributed by atoms with Crippen LogP contribution in [-0.4, -0.2) is 64.1 Å². The van der Waals surface area contributed by atoms with Gasteiger partial charge in [-0.2, -0.15) is 0 Å². The summed E-state index contributed by atoms with van der Waals surface area (Å²) in [5.41, 5.74) is 0. The number of ether oxygens (including phenoxy) is 2. The van der Waals surface area contributed by atoms with Crippen LogP contribution in [0.4, 0.5) is 0 Å². The third-order valence-corrected chi connectivity index (χ3v) is 9.27. The van der Waals surface area contributed by atoms with E-state index < -0.39 is 19.9 Å². The minimum Gasteiger partial charge on any atom is -0.756 e. The smallest absolute Gasteiger partial charge is 0.306 e. The molecule has 2 atom stereocenters. The van der Waals surface area contributed by atoms with Crippen LogP contribution in [0, 0.1) is 0 Å². The van der Waals surface area contributed by atoms with Gasteiger partial charge in [0.1, 0.15) is 19.8 Å². The molecule has 0 aromatic carbocycles. The van der Waals surface area contributed by atoms with Crippen LogP contribution in [0.3, 0.4) is 0 Å². The first-order valence-electron chi connectivity index (χ1n) is 20.7. The minimum atomic E-state index is -4.55. The molecule has 0 aromatic heterocycles. The Morgan fingerprint density at radius 2 is 1.11 bits per heavy atom. The van der Waals surface area contributed by atoms with E-state index in [1.165, 1.54) is 70.6 Å². The molecule has 0 aromatic rings. The molecule has 0 N–H and O–H groups in total. The number of likely N-dealkylation sites (N-methyl/N-ethyl adjacent to an activating group) is 1. The maximum Gasteiger partial charge on any atom is 0.306 e. The molecule has 1 unspecified atom stereocenters. The molecule has 0 saturated heterocycles. The molecule has 0 heterocycles. The van der Waals surface area contributed by atoms with E-state index in [0.717, 1.165) is 51.4 Å². The Bertz CT molecular complexity index is 1070. The molecule has 53 heavy (non-hydrogen) atoms. The van der Waals surface area contributed by atoms with Gasteiger partial charge >= 0.3 is 5.97 Å². The molecule has 9 heteroatoms. The molecular weight excluding hydrogens is 685 g/mol. The van der Waals surface area contributed by atoms with Crippen LogP contribution in [-0.2, 0) is 27.9 Å². The summed E-state index contributed by atoms with van der Waals surface area (Å²) in [6.45, 7) is 4.53. The van der Waals surface area contributed by atoms with Crippen molar-refractivity contribution in [2.24, 2.45) is 0 Å². The lowest BCUT2D eigenvalue weighted by Crippen LogP contribution is -2.37. The predicted molar refractivity (Wildman–Crippen MR) is 221 cm³/mol. The highest BCUT2D eigenvalue weighted by molar-refractivity contribution is 7.45. The van der Waals surface area contributed by atoms with Crippen molar-refractivity contribution >= 4 is 13.8 Å². The molecular formula is C44H78NO7P. The van der Waals surface area contributed by atoms with Crippen LogP contribution in [0.2, 0.25) is 0 Å². The first-order chi connectivity index (χ1) is 25.6. The number of hydrogen-bond donors (Lipinski definition) is 0. The lowest BCUT2D eigenvalue weighted by Gasteiger charge is -2.28. The second kappa shape index (κ2) is 36.7. The van der Waals surface area contributed by atoms with Crippen molar-refractivity contribution in [1.29, 1.82) is 0 Å². The van der Waals surface area contributed by atoms with E-state index in [0.29, 0.717) is 17.4 Å². The van der Waals surface area contributed by atoms with Crippen LogP contribution in [0.15, 0.2) is 73.1 Å². The SMILES string of the molecule is CC/C=C\C/C=C\C/C=C\C/C=C\CCCCC(=O)O[C@H](CO/C=C\CCCCCCCC/C=C\CCCCCC)COP(=O)([O-])OCC[N+](C)(C)C. The topological polar surface area (TPSA) is 94.1 Å².